The van der Waals surface area contributed by atoms with Gasteiger partial charge in [0, 0.05) is 10.4 Å². The predicted molar refractivity (Wildman–Crippen MR) is 71.9 cm³/mol. The summed E-state index contributed by atoms with van der Waals surface area (Å²) in [5.74, 6) is -0.288. The minimum absolute atomic E-state index is 0.242. The van der Waals surface area contributed by atoms with Crippen molar-refractivity contribution in [2.24, 2.45) is 0 Å². The predicted octanol–water partition coefficient (Wildman–Crippen LogP) is -0.336. The van der Waals surface area contributed by atoms with E-state index in [0.29, 0.717) is 11.0 Å². The summed E-state index contributed by atoms with van der Waals surface area (Å²) in [6.07, 6.45) is -0.837. The van der Waals surface area contributed by atoms with Crippen LogP contribution >= 0.6 is 0 Å². The van der Waals surface area contributed by atoms with Crippen molar-refractivity contribution in [3.63, 3.8) is 0 Å². The molecule has 0 saturated heterocycles. The van der Waals surface area contributed by atoms with E-state index in [-0.39, 0.29) is 19.0 Å². The number of fused-ring (bicyclic) bond motifs is 1. The first-order valence-corrected chi connectivity index (χ1v) is 6.39. The summed E-state index contributed by atoms with van der Waals surface area (Å²) in [6, 6.07) is 4.80. The summed E-state index contributed by atoms with van der Waals surface area (Å²) in [5, 5.41) is 20.5. The highest BCUT2D eigenvalue weighted by atomic mass is 16.6. The van der Waals surface area contributed by atoms with Crippen LogP contribution in [-0.2, 0) is 14.2 Å². The van der Waals surface area contributed by atoms with E-state index < -0.39 is 30.7 Å². The van der Waals surface area contributed by atoms with Crippen molar-refractivity contribution in [2.75, 3.05) is 19.8 Å². The van der Waals surface area contributed by atoms with Crippen LogP contribution in [0.4, 0.5) is 0 Å². The van der Waals surface area contributed by atoms with Gasteiger partial charge in [0.05, 0.1) is 6.61 Å². The van der Waals surface area contributed by atoms with E-state index >= 15 is 0 Å². The molecule has 0 radical (unpaired) electrons. The van der Waals surface area contributed by atoms with E-state index in [2.05, 4.69) is 0 Å². The molecule has 1 unspecified atom stereocenters. The number of esters is 1. The van der Waals surface area contributed by atoms with E-state index in [1.165, 1.54) is 0 Å². The molecule has 1 atom stereocenters. The maximum atomic E-state index is 11.3. The standard InChI is InChI=1S/C12H14BNO7/c1-2-19-11(15)7-20-9-5-3-4-8-10(6-14(17)18)21-13(16)12(8)9/h3-5,10,16H,2,6-7H2,1H3. The molecule has 1 aliphatic rings. The van der Waals surface area contributed by atoms with Crippen molar-refractivity contribution < 1.29 is 28.9 Å². The fraction of sp³-hybridized carbons (Fsp3) is 0.417. The summed E-state index contributed by atoms with van der Waals surface area (Å²) in [5.41, 5.74) is 0.800. The van der Waals surface area contributed by atoms with Crippen LogP contribution in [0.3, 0.4) is 0 Å². The maximum Gasteiger partial charge on any atom is 0.496 e. The molecule has 0 fully saturated rings. The molecule has 9 heteroatoms. The Hall–Kier alpha value is -2.13. The lowest BCUT2D eigenvalue weighted by molar-refractivity contribution is -0.490. The van der Waals surface area contributed by atoms with Gasteiger partial charge in [-0.1, -0.05) is 12.1 Å². The lowest BCUT2D eigenvalue weighted by atomic mass is 9.78. The second-order valence-electron chi connectivity index (χ2n) is 4.35. The van der Waals surface area contributed by atoms with Gasteiger partial charge >= 0.3 is 13.1 Å². The maximum absolute atomic E-state index is 11.3. The van der Waals surface area contributed by atoms with Crippen LogP contribution in [0.2, 0.25) is 0 Å². The second-order valence-corrected chi connectivity index (χ2v) is 4.35. The molecule has 1 heterocycles. The Morgan fingerprint density at radius 1 is 1.57 bits per heavy atom. The zero-order valence-corrected chi connectivity index (χ0v) is 11.4. The number of carbonyl (C=O) groups is 1. The topological polar surface area (TPSA) is 108 Å². The van der Waals surface area contributed by atoms with Crippen molar-refractivity contribution in [1.29, 1.82) is 0 Å². The molecular weight excluding hydrogens is 281 g/mol. The third kappa shape index (κ3) is 3.50. The SMILES string of the molecule is CCOC(=O)COc1cccc2c1B(O)OC2C[N+](=O)[O-]. The van der Waals surface area contributed by atoms with Gasteiger partial charge in [0.2, 0.25) is 6.54 Å². The molecule has 1 aromatic rings. The Morgan fingerprint density at radius 2 is 2.33 bits per heavy atom. The zero-order chi connectivity index (χ0) is 15.4. The summed E-state index contributed by atoms with van der Waals surface area (Å²) in [4.78, 5) is 21.4. The summed E-state index contributed by atoms with van der Waals surface area (Å²) in [7, 11) is -1.32. The molecule has 112 valence electrons. The highest BCUT2D eigenvalue weighted by Gasteiger charge is 2.40. The summed E-state index contributed by atoms with van der Waals surface area (Å²) < 4.78 is 15.2. The Morgan fingerprint density at radius 3 is 3.00 bits per heavy atom. The smallest absolute Gasteiger partial charge is 0.482 e. The van der Waals surface area contributed by atoms with Gasteiger partial charge < -0.3 is 19.2 Å². The van der Waals surface area contributed by atoms with Gasteiger partial charge in [-0.15, -0.1) is 0 Å². The minimum Gasteiger partial charge on any atom is -0.482 e. The van der Waals surface area contributed by atoms with Crippen LogP contribution in [0.25, 0.3) is 0 Å². The van der Waals surface area contributed by atoms with Crippen LogP contribution in [0, 0.1) is 10.1 Å². The fourth-order valence-corrected chi connectivity index (χ4v) is 2.14. The third-order valence-corrected chi connectivity index (χ3v) is 2.95. The third-order valence-electron chi connectivity index (χ3n) is 2.95. The van der Waals surface area contributed by atoms with Crippen LogP contribution in [0.15, 0.2) is 18.2 Å². The molecule has 1 aromatic carbocycles. The summed E-state index contributed by atoms with van der Waals surface area (Å²) >= 11 is 0. The number of hydrogen-bond acceptors (Lipinski definition) is 7. The van der Waals surface area contributed by atoms with Crippen LogP contribution < -0.4 is 10.2 Å². The first kappa shape index (κ1) is 15.3. The highest BCUT2D eigenvalue weighted by molar-refractivity contribution is 6.62. The van der Waals surface area contributed by atoms with Gasteiger partial charge in [0.25, 0.3) is 0 Å². The van der Waals surface area contributed by atoms with E-state index in [0.717, 1.165) is 0 Å². The number of nitrogens with zero attached hydrogens (tertiary/aromatic N) is 1. The van der Waals surface area contributed by atoms with E-state index in [1.807, 2.05) is 0 Å². The van der Waals surface area contributed by atoms with Gasteiger partial charge in [-0.25, -0.2) is 4.79 Å². The van der Waals surface area contributed by atoms with E-state index in [1.54, 1.807) is 25.1 Å². The average molecular weight is 295 g/mol. The Bertz CT molecular complexity index is 550. The molecule has 8 nitrogen and oxygen atoms in total. The van der Waals surface area contributed by atoms with Crippen molar-refractivity contribution in [1.82, 2.24) is 0 Å². The van der Waals surface area contributed by atoms with Gasteiger partial charge in [-0.05, 0) is 18.6 Å². The van der Waals surface area contributed by atoms with Crippen molar-refractivity contribution >= 4 is 18.6 Å². The second kappa shape index (κ2) is 6.55. The number of benzene rings is 1. The molecule has 0 bridgehead atoms. The molecule has 0 aliphatic carbocycles. The molecule has 0 saturated carbocycles. The fourth-order valence-electron chi connectivity index (χ4n) is 2.14. The number of carbonyl (C=O) groups excluding carboxylic acids is 1. The van der Waals surface area contributed by atoms with Crippen molar-refractivity contribution in [3.05, 3.63) is 33.9 Å². The van der Waals surface area contributed by atoms with Gasteiger partial charge in [-0.2, -0.15) is 0 Å². The van der Waals surface area contributed by atoms with Gasteiger partial charge in [-0.3, -0.25) is 10.1 Å². The first-order valence-electron chi connectivity index (χ1n) is 6.39. The van der Waals surface area contributed by atoms with Crippen molar-refractivity contribution in [2.45, 2.75) is 13.0 Å². The van der Waals surface area contributed by atoms with Crippen LogP contribution in [0.1, 0.15) is 18.6 Å². The zero-order valence-electron chi connectivity index (χ0n) is 11.4. The Balaban J connectivity index is 2.16. The largest absolute Gasteiger partial charge is 0.496 e. The molecular formula is C12H14BNO7. The quantitative estimate of drug-likeness (QED) is 0.331. The molecule has 1 aliphatic heterocycles. The molecule has 0 aromatic heterocycles. The van der Waals surface area contributed by atoms with E-state index in [4.69, 9.17) is 14.1 Å². The number of nitro groups is 1. The Kier molecular flexibility index (Phi) is 4.76. The Labute approximate surface area is 120 Å². The average Bonchev–Trinajstić information content (AvgIpc) is 2.73. The van der Waals surface area contributed by atoms with E-state index in [9.17, 15) is 19.9 Å². The first-order chi connectivity index (χ1) is 10.0. The molecule has 0 spiro atoms. The molecule has 0 amide bonds. The normalized spacial score (nSPS) is 16.5. The monoisotopic (exact) mass is 295 g/mol. The molecule has 1 N–H and O–H groups in total. The number of hydrogen-bond donors (Lipinski definition) is 1. The summed E-state index contributed by atoms with van der Waals surface area (Å²) in [6.45, 7) is 1.16. The van der Waals surface area contributed by atoms with Crippen molar-refractivity contribution in [3.8, 4) is 5.75 Å². The van der Waals surface area contributed by atoms with Gasteiger partial charge in [0.15, 0.2) is 6.61 Å². The van der Waals surface area contributed by atoms with Crippen LogP contribution in [-0.4, -0.2) is 42.8 Å². The lowest BCUT2D eigenvalue weighted by Gasteiger charge is -2.10. The highest BCUT2D eigenvalue weighted by Crippen LogP contribution is 2.27. The molecule has 21 heavy (non-hydrogen) atoms. The lowest BCUT2D eigenvalue weighted by Crippen LogP contribution is -2.30. The van der Waals surface area contributed by atoms with Gasteiger partial charge in [0.1, 0.15) is 11.9 Å². The molecule has 2 rings (SSSR count). The minimum atomic E-state index is -1.32. The number of ether oxygens (including phenoxy) is 2. The number of rotatable bonds is 6. The van der Waals surface area contributed by atoms with Crippen LogP contribution in [0.5, 0.6) is 5.75 Å².